The molecule has 0 saturated heterocycles. The highest BCUT2D eigenvalue weighted by Gasteiger charge is 2.02. The van der Waals surface area contributed by atoms with Gasteiger partial charge < -0.3 is 10.6 Å². The normalized spacial score (nSPS) is 11.2. The SMILES string of the molecule is Cc1cc(CNCC(C)C)cc(NC(C)C)n1. The van der Waals surface area contributed by atoms with E-state index in [4.69, 9.17) is 0 Å². The van der Waals surface area contributed by atoms with Crippen LogP contribution in [0.3, 0.4) is 0 Å². The molecule has 0 aliphatic heterocycles. The molecule has 0 unspecified atom stereocenters. The zero-order valence-electron chi connectivity index (χ0n) is 11.7. The van der Waals surface area contributed by atoms with Crippen LogP contribution in [0.15, 0.2) is 12.1 Å². The number of pyridine rings is 1. The minimum Gasteiger partial charge on any atom is -0.368 e. The summed E-state index contributed by atoms with van der Waals surface area (Å²) in [5, 5.41) is 6.80. The highest BCUT2D eigenvalue weighted by Crippen LogP contribution is 2.11. The Kier molecular flexibility index (Phi) is 5.42. The van der Waals surface area contributed by atoms with Gasteiger partial charge >= 0.3 is 0 Å². The molecule has 0 radical (unpaired) electrons. The van der Waals surface area contributed by atoms with Gasteiger partial charge in [-0.3, -0.25) is 0 Å². The van der Waals surface area contributed by atoms with Crippen LogP contribution in [-0.4, -0.2) is 17.6 Å². The average Bonchev–Trinajstić information content (AvgIpc) is 2.14. The second-order valence-electron chi connectivity index (χ2n) is 5.33. The number of nitrogens with zero attached hydrogens (tertiary/aromatic N) is 1. The molecule has 0 atom stereocenters. The third-order valence-electron chi connectivity index (χ3n) is 2.33. The van der Waals surface area contributed by atoms with Crippen molar-refractivity contribution in [2.24, 2.45) is 5.92 Å². The molecule has 1 aromatic rings. The summed E-state index contributed by atoms with van der Waals surface area (Å²) >= 11 is 0. The number of hydrogen-bond donors (Lipinski definition) is 2. The number of hydrogen-bond acceptors (Lipinski definition) is 3. The summed E-state index contributed by atoms with van der Waals surface area (Å²) in [7, 11) is 0. The lowest BCUT2D eigenvalue weighted by Gasteiger charge is -2.12. The molecule has 0 aromatic carbocycles. The van der Waals surface area contributed by atoms with Crippen molar-refractivity contribution in [1.29, 1.82) is 0 Å². The summed E-state index contributed by atoms with van der Waals surface area (Å²) in [6.07, 6.45) is 0. The van der Waals surface area contributed by atoms with Gasteiger partial charge in [0.2, 0.25) is 0 Å². The van der Waals surface area contributed by atoms with E-state index in [0.717, 1.165) is 24.6 Å². The fourth-order valence-corrected chi connectivity index (χ4v) is 1.72. The highest BCUT2D eigenvalue weighted by molar-refractivity contribution is 5.40. The summed E-state index contributed by atoms with van der Waals surface area (Å²) in [5.41, 5.74) is 2.36. The van der Waals surface area contributed by atoms with Crippen molar-refractivity contribution < 1.29 is 0 Å². The lowest BCUT2D eigenvalue weighted by molar-refractivity contribution is 0.552. The Balaban J connectivity index is 2.62. The van der Waals surface area contributed by atoms with Crippen LogP contribution in [0, 0.1) is 12.8 Å². The van der Waals surface area contributed by atoms with Crippen LogP contribution in [0.5, 0.6) is 0 Å². The first-order valence-corrected chi connectivity index (χ1v) is 6.42. The van der Waals surface area contributed by atoms with Gasteiger partial charge in [-0.1, -0.05) is 13.8 Å². The van der Waals surface area contributed by atoms with Crippen molar-refractivity contribution in [2.45, 2.75) is 47.2 Å². The zero-order chi connectivity index (χ0) is 12.8. The lowest BCUT2D eigenvalue weighted by Crippen LogP contribution is -2.19. The summed E-state index contributed by atoms with van der Waals surface area (Å²) in [6, 6.07) is 4.68. The fourth-order valence-electron chi connectivity index (χ4n) is 1.72. The van der Waals surface area contributed by atoms with Gasteiger partial charge in [0.05, 0.1) is 0 Å². The second kappa shape index (κ2) is 6.60. The van der Waals surface area contributed by atoms with Crippen LogP contribution >= 0.6 is 0 Å². The van der Waals surface area contributed by atoms with Gasteiger partial charge in [0.15, 0.2) is 0 Å². The summed E-state index contributed by atoms with van der Waals surface area (Å²) in [4.78, 5) is 4.48. The van der Waals surface area contributed by atoms with Crippen molar-refractivity contribution in [3.05, 3.63) is 23.4 Å². The van der Waals surface area contributed by atoms with E-state index < -0.39 is 0 Å². The molecule has 1 aromatic heterocycles. The second-order valence-corrected chi connectivity index (χ2v) is 5.33. The Morgan fingerprint density at radius 1 is 1.18 bits per heavy atom. The number of aromatic nitrogens is 1. The molecule has 0 amide bonds. The first-order chi connectivity index (χ1) is 7.97. The molecular formula is C14H25N3. The fraction of sp³-hybridized carbons (Fsp3) is 0.643. The summed E-state index contributed by atoms with van der Waals surface area (Å²) < 4.78 is 0. The van der Waals surface area contributed by atoms with Gasteiger partial charge in [-0.05, 0) is 50.9 Å². The van der Waals surface area contributed by atoms with Gasteiger partial charge in [-0.15, -0.1) is 0 Å². The minimum atomic E-state index is 0.417. The van der Waals surface area contributed by atoms with Crippen LogP contribution in [0.25, 0.3) is 0 Å². The van der Waals surface area contributed by atoms with Gasteiger partial charge in [-0.25, -0.2) is 4.98 Å². The van der Waals surface area contributed by atoms with E-state index in [1.54, 1.807) is 0 Å². The van der Waals surface area contributed by atoms with Crippen molar-refractivity contribution in [3.63, 3.8) is 0 Å². The van der Waals surface area contributed by atoms with Crippen molar-refractivity contribution >= 4 is 5.82 Å². The Bertz CT molecular complexity index is 345. The molecule has 0 bridgehead atoms. The molecule has 3 nitrogen and oxygen atoms in total. The maximum absolute atomic E-state index is 4.48. The van der Waals surface area contributed by atoms with Gasteiger partial charge in [0.1, 0.15) is 5.82 Å². The van der Waals surface area contributed by atoms with Crippen LogP contribution in [0.2, 0.25) is 0 Å². The van der Waals surface area contributed by atoms with Crippen LogP contribution in [0.1, 0.15) is 39.0 Å². The molecule has 0 aliphatic carbocycles. The quantitative estimate of drug-likeness (QED) is 0.796. The molecule has 17 heavy (non-hydrogen) atoms. The Morgan fingerprint density at radius 2 is 1.88 bits per heavy atom. The molecule has 1 rings (SSSR count). The Hall–Kier alpha value is -1.09. The van der Waals surface area contributed by atoms with E-state index in [2.05, 4.69) is 55.4 Å². The third kappa shape index (κ3) is 5.68. The number of rotatable bonds is 6. The molecule has 3 heteroatoms. The zero-order valence-corrected chi connectivity index (χ0v) is 11.7. The van der Waals surface area contributed by atoms with Crippen LogP contribution < -0.4 is 10.6 Å². The maximum Gasteiger partial charge on any atom is 0.126 e. The lowest BCUT2D eigenvalue weighted by atomic mass is 10.2. The van der Waals surface area contributed by atoms with Crippen molar-refractivity contribution in [2.75, 3.05) is 11.9 Å². The van der Waals surface area contributed by atoms with Crippen LogP contribution in [-0.2, 0) is 6.54 Å². The van der Waals surface area contributed by atoms with E-state index in [0.29, 0.717) is 12.0 Å². The minimum absolute atomic E-state index is 0.417. The third-order valence-corrected chi connectivity index (χ3v) is 2.33. The van der Waals surface area contributed by atoms with E-state index in [-0.39, 0.29) is 0 Å². The monoisotopic (exact) mass is 235 g/mol. The van der Waals surface area contributed by atoms with E-state index >= 15 is 0 Å². The molecule has 0 spiro atoms. The smallest absolute Gasteiger partial charge is 0.126 e. The van der Waals surface area contributed by atoms with E-state index in [1.807, 2.05) is 6.92 Å². The Morgan fingerprint density at radius 3 is 2.47 bits per heavy atom. The van der Waals surface area contributed by atoms with Gasteiger partial charge in [0.25, 0.3) is 0 Å². The van der Waals surface area contributed by atoms with Crippen molar-refractivity contribution in [1.82, 2.24) is 10.3 Å². The number of nitrogens with one attached hydrogen (secondary N) is 2. The molecular weight excluding hydrogens is 210 g/mol. The molecule has 2 N–H and O–H groups in total. The number of aryl methyl sites for hydroxylation is 1. The molecule has 1 heterocycles. The van der Waals surface area contributed by atoms with E-state index in [1.165, 1.54) is 5.56 Å². The average molecular weight is 235 g/mol. The predicted octanol–water partition coefficient (Wildman–Crippen LogP) is 2.96. The maximum atomic E-state index is 4.48. The highest BCUT2D eigenvalue weighted by atomic mass is 15.0. The molecule has 0 aliphatic rings. The van der Waals surface area contributed by atoms with E-state index in [9.17, 15) is 0 Å². The summed E-state index contributed by atoms with van der Waals surface area (Å²) in [5.74, 6) is 1.66. The molecule has 96 valence electrons. The van der Waals surface area contributed by atoms with Crippen molar-refractivity contribution in [3.8, 4) is 0 Å². The standard InChI is InChI=1S/C14H25N3/c1-10(2)8-15-9-13-6-12(5)17-14(7-13)16-11(3)4/h6-7,10-11,15H,8-9H2,1-5H3,(H,16,17). The largest absolute Gasteiger partial charge is 0.368 e. The Labute approximate surface area is 105 Å². The van der Waals surface area contributed by atoms with Gasteiger partial charge in [0, 0.05) is 18.3 Å². The first-order valence-electron chi connectivity index (χ1n) is 6.42. The van der Waals surface area contributed by atoms with Gasteiger partial charge in [-0.2, -0.15) is 0 Å². The topological polar surface area (TPSA) is 37.0 Å². The number of anilines is 1. The summed E-state index contributed by atoms with van der Waals surface area (Å²) in [6.45, 7) is 12.7. The predicted molar refractivity (Wildman–Crippen MR) is 74.3 cm³/mol. The molecule has 0 saturated carbocycles. The first kappa shape index (κ1) is 14.0. The van der Waals surface area contributed by atoms with Crippen LogP contribution in [0.4, 0.5) is 5.82 Å². The molecule has 0 fully saturated rings.